The molecule has 0 unspecified atom stereocenters. The van der Waals surface area contributed by atoms with Crippen molar-refractivity contribution in [3.8, 4) is 0 Å². The van der Waals surface area contributed by atoms with Gasteiger partial charge in [-0.1, -0.05) is 26.3 Å². The van der Waals surface area contributed by atoms with E-state index in [9.17, 15) is 8.78 Å². The Kier molecular flexibility index (Phi) is 4.56. The number of nitrogens with one attached hydrogen (secondary N) is 1. The molecule has 0 heterocycles. The quantitative estimate of drug-likeness (QED) is 0.768. The molecule has 1 aromatic rings. The monoisotopic (exact) mass is 267 g/mol. The molecule has 0 saturated heterocycles. The molecule has 106 valence electrons. The zero-order valence-electron chi connectivity index (χ0n) is 11.8. The Hall–Kier alpha value is -0.960. The van der Waals surface area contributed by atoms with Gasteiger partial charge in [-0.2, -0.15) is 0 Å². The van der Waals surface area contributed by atoms with Crippen LogP contribution in [-0.2, 0) is 5.41 Å². The first kappa shape index (κ1) is 14.4. The van der Waals surface area contributed by atoms with Gasteiger partial charge in [0.2, 0.25) is 0 Å². The lowest BCUT2D eigenvalue weighted by molar-refractivity contribution is 0.129. The summed E-state index contributed by atoms with van der Waals surface area (Å²) in [6.07, 6.45) is 4.21. The molecule has 3 heteroatoms. The van der Waals surface area contributed by atoms with Crippen molar-refractivity contribution in [3.05, 3.63) is 35.4 Å². The van der Waals surface area contributed by atoms with Crippen LogP contribution in [-0.4, -0.2) is 13.1 Å². The van der Waals surface area contributed by atoms with E-state index in [0.29, 0.717) is 11.5 Å². The minimum absolute atomic E-state index is 0.131. The number of hydrogen-bond donors (Lipinski definition) is 1. The maximum absolute atomic E-state index is 14.0. The highest BCUT2D eigenvalue weighted by molar-refractivity contribution is 5.31. The van der Waals surface area contributed by atoms with E-state index in [-0.39, 0.29) is 5.41 Å². The Morgan fingerprint density at radius 2 is 2.00 bits per heavy atom. The lowest BCUT2D eigenvalue weighted by atomic mass is 9.57. The van der Waals surface area contributed by atoms with Gasteiger partial charge in [0.15, 0.2) is 0 Å². The molecule has 0 aromatic heterocycles. The first-order valence-electron chi connectivity index (χ1n) is 7.27. The van der Waals surface area contributed by atoms with E-state index in [2.05, 4.69) is 19.2 Å². The molecule has 1 nitrogen and oxygen atoms in total. The molecule has 0 atom stereocenters. The standard InChI is InChI=1S/C16H23F2N/c1-3-7-19-11-16(9-12(4-2)10-16)14-6-5-13(17)8-15(14)18/h5-6,8,12,19H,3-4,7,9-11H2,1-2H3. The van der Waals surface area contributed by atoms with Crippen LogP contribution in [0.15, 0.2) is 18.2 Å². The number of hydrogen-bond acceptors (Lipinski definition) is 1. The van der Waals surface area contributed by atoms with Crippen LogP contribution in [0.2, 0.25) is 0 Å². The summed E-state index contributed by atoms with van der Waals surface area (Å²) in [5.41, 5.74) is 0.551. The van der Waals surface area contributed by atoms with Crippen molar-refractivity contribution < 1.29 is 8.78 Å². The third-order valence-corrected chi connectivity index (χ3v) is 4.33. The highest BCUT2D eigenvalue weighted by Gasteiger charge is 2.45. The van der Waals surface area contributed by atoms with Crippen LogP contribution in [0.1, 0.15) is 45.1 Å². The lowest BCUT2D eigenvalue weighted by Gasteiger charge is -2.48. The Labute approximate surface area is 114 Å². The van der Waals surface area contributed by atoms with Crippen molar-refractivity contribution in [3.63, 3.8) is 0 Å². The highest BCUT2D eigenvalue weighted by Crippen LogP contribution is 2.49. The third-order valence-electron chi connectivity index (χ3n) is 4.33. The van der Waals surface area contributed by atoms with Crippen molar-refractivity contribution >= 4 is 0 Å². The van der Waals surface area contributed by atoms with E-state index in [1.165, 1.54) is 6.07 Å². The van der Waals surface area contributed by atoms with Crippen LogP contribution in [0.25, 0.3) is 0 Å². The van der Waals surface area contributed by atoms with Gasteiger partial charge in [0.25, 0.3) is 0 Å². The van der Waals surface area contributed by atoms with Crippen LogP contribution in [0.5, 0.6) is 0 Å². The molecule has 0 bridgehead atoms. The average Bonchev–Trinajstić information content (AvgIpc) is 2.33. The predicted molar refractivity (Wildman–Crippen MR) is 74.2 cm³/mol. The van der Waals surface area contributed by atoms with Gasteiger partial charge in [0, 0.05) is 18.0 Å². The first-order chi connectivity index (χ1) is 9.11. The SMILES string of the molecule is CCCNCC1(c2ccc(F)cc2F)CC(CC)C1. The van der Waals surface area contributed by atoms with Gasteiger partial charge in [0.05, 0.1) is 0 Å². The van der Waals surface area contributed by atoms with E-state index < -0.39 is 11.6 Å². The Balaban J connectivity index is 2.18. The van der Waals surface area contributed by atoms with Gasteiger partial charge in [-0.15, -0.1) is 0 Å². The van der Waals surface area contributed by atoms with Crippen molar-refractivity contribution in [2.75, 3.05) is 13.1 Å². The molecule has 2 rings (SSSR count). The normalized spacial score (nSPS) is 26.2. The lowest BCUT2D eigenvalue weighted by Crippen LogP contribution is -2.49. The van der Waals surface area contributed by atoms with Gasteiger partial charge in [-0.3, -0.25) is 0 Å². The second kappa shape index (κ2) is 6.00. The molecular weight excluding hydrogens is 244 g/mol. The third kappa shape index (κ3) is 2.97. The van der Waals surface area contributed by atoms with Gasteiger partial charge >= 0.3 is 0 Å². The van der Waals surface area contributed by atoms with Gasteiger partial charge in [0.1, 0.15) is 11.6 Å². The Bertz CT molecular complexity index is 425. The molecule has 1 aromatic carbocycles. The van der Waals surface area contributed by atoms with E-state index in [4.69, 9.17) is 0 Å². The predicted octanol–water partition coefficient (Wildman–Crippen LogP) is 4.02. The van der Waals surface area contributed by atoms with Gasteiger partial charge < -0.3 is 5.32 Å². The maximum Gasteiger partial charge on any atom is 0.129 e. The second-order valence-electron chi connectivity index (χ2n) is 5.76. The summed E-state index contributed by atoms with van der Waals surface area (Å²) in [6, 6.07) is 4.01. The summed E-state index contributed by atoms with van der Waals surface area (Å²) in [4.78, 5) is 0. The molecule has 1 fully saturated rings. The molecule has 0 radical (unpaired) electrons. The van der Waals surface area contributed by atoms with E-state index in [0.717, 1.165) is 44.8 Å². The smallest absolute Gasteiger partial charge is 0.129 e. The van der Waals surface area contributed by atoms with E-state index in [1.807, 2.05) is 0 Å². The molecule has 0 aliphatic heterocycles. The Morgan fingerprint density at radius 1 is 1.26 bits per heavy atom. The molecule has 1 aliphatic carbocycles. The molecule has 1 N–H and O–H groups in total. The van der Waals surface area contributed by atoms with E-state index in [1.54, 1.807) is 6.07 Å². The molecular formula is C16H23F2N. The Morgan fingerprint density at radius 3 is 2.58 bits per heavy atom. The number of rotatable bonds is 6. The van der Waals surface area contributed by atoms with Crippen molar-refractivity contribution in [2.45, 2.75) is 44.9 Å². The van der Waals surface area contributed by atoms with Crippen LogP contribution < -0.4 is 5.32 Å². The van der Waals surface area contributed by atoms with Crippen LogP contribution in [0.3, 0.4) is 0 Å². The summed E-state index contributed by atoms with van der Waals surface area (Å²) in [6.45, 7) is 6.03. The van der Waals surface area contributed by atoms with Crippen LogP contribution in [0, 0.1) is 17.6 Å². The number of halogens is 2. The zero-order valence-corrected chi connectivity index (χ0v) is 11.8. The average molecular weight is 267 g/mol. The summed E-state index contributed by atoms with van der Waals surface area (Å²) < 4.78 is 27.1. The fraction of sp³-hybridized carbons (Fsp3) is 0.625. The summed E-state index contributed by atoms with van der Waals surface area (Å²) in [5.74, 6) is -0.218. The van der Waals surface area contributed by atoms with Crippen molar-refractivity contribution in [2.24, 2.45) is 5.92 Å². The first-order valence-corrected chi connectivity index (χ1v) is 7.27. The van der Waals surface area contributed by atoms with Crippen LogP contribution >= 0.6 is 0 Å². The zero-order chi connectivity index (χ0) is 13.9. The largest absolute Gasteiger partial charge is 0.316 e. The summed E-state index contributed by atoms with van der Waals surface area (Å²) >= 11 is 0. The highest BCUT2D eigenvalue weighted by atomic mass is 19.1. The van der Waals surface area contributed by atoms with Crippen molar-refractivity contribution in [1.29, 1.82) is 0 Å². The van der Waals surface area contributed by atoms with Gasteiger partial charge in [-0.05, 0) is 43.4 Å². The maximum atomic E-state index is 14.0. The molecule has 1 aliphatic rings. The molecule has 19 heavy (non-hydrogen) atoms. The molecule has 0 amide bonds. The second-order valence-corrected chi connectivity index (χ2v) is 5.76. The van der Waals surface area contributed by atoms with Crippen molar-refractivity contribution in [1.82, 2.24) is 5.32 Å². The van der Waals surface area contributed by atoms with E-state index >= 15 is 0 Å². The topological polar surface area (TPSA) is 12.0 Å². The summed E-state index contributed by atoms with van der Waals surface area (Å²) in [5, 5.41) is 3.40. The van der Waals surface area contributed by atoms with Gasteiger partial charge in [-0.25, -0.2) is 8.78 Å². The fourth-order valence-electron chi connectivity index (χ4n) is 3.22. The fourth-order valence-corrected chi connectivity index (χ4v) is 3.22. The minimum Gasteiger partial charge on any atom is -0.316 e. The molecule has 0 spiro atoms. The molecule has 1 saturated carbocycles. The van der Waals surface area contributed by atoms with Crippen LogP contribution in [0.4, 0.5) is 8.78 Å². The summed E-state index contributed by atoms with van der Waals surface area (Å²) in [7, 11) is 0. The number of benzene rings is 1. The minimum atomic E-state index is -0.496.